The zero-order chi connectivity index (χ0) is 21.2. The van der Waals surface area contributed by atoms with Gasteiger partial charge in [0.25, 0.3) is 0 Å². The fourth-order valence-corrected chi connectivity index (χ4v) is 4.32. The number of ether oxygens (including phenoxy) is 1. The Labute approximate surface area is 184 Å². The monoisotopic (exact) mass is 424 g/mol. The number of hydrogen-bond donors (Lipinski definition) is 0. The minimum atomic E-state index is 0.730. The molecule has 0 saturated carbocycles. The van der Waals surface area contributed by atoms with Crippen LogP contribution < -0.4 is 10.1 Å². The van der Waals surface area contributed by atoms with Gasteiger partial charge < -0.3 is 9.15 Å². The van der Waals surface area contributed by atoms with Crippen LogP contribution in [0.4, 0.5) is 5.13 Å². The number of benzene rings is 3. The second-order valence-electron chi connectivity index (χ2n) is 7.10. The van der Waals surface area contributed by atoms with Crippen molar-refractivity contribution in [1.29, 1.82) is 0 Å². The third-order valence-electron chi connectivity index (χ3n) is 5.07. The molecule has 5 rings (SSSR count). The SMILES string of the molecule is COc1ccc(-c2cc(=Nc3nc(-c4ccccc4)c(C)s3)c3ccccc3o2)cc1. The summed E-state index contributed by atoms with van der Waals surface area (Å²) >= 11 is 1.59. The predicted molar refractivity (Wildman–Crippen MR) is 126 cm³/mol. The van der Waals surface area contributed by atoms with Crippen molar-refractivity contribution in [1.82, 2.24) is 4.98 Å². The van der Waals surface area contributed by atoms with Gasteiger partial charge >= 0.3 is 0 Å². The van der Waals surface area contributed by atoms with Crippen LogP contribution in [0.15, 0.2) is 94.3 Å². The number of para-hydroxylation sites is 1. The molecule has 31 heavy (non-hydrogen) atoms. The van der Waals surface area contributed by atoms with Gasteiger partial charge in [-0.3, -0.25) is 0 Å². The molecule has 0 atom stereocenters. The first kappa shape index (κ1) is 19.3. The molecular formula is C26H20N2O2S. The first-order valence-electron chi connectivity index (χ1n) is 9.96. The third kappa shape index (κ3) is 3.88. The van der Waals surface area contributed by atoms with Crippen molar-refractivity contribution in [2.75, 3.05) is 7.11 Å². The van der Waals surface area contributed by atoms with Crippen LogP contribution in [-0.2, 0) is 0 Å². The van der Waals surface area contributed by atoms with E-state index in [2.05, 4.69) is 19.1 Å². The summed E-state index contributed by atoms with van der Waals surface area (Å²) in [5, 5.41) is 2.52. The Hall–Kier alpha value is -3.70. The molecule has 0 fully saturated rings. The molecule has 0 bridgehead atoms. The van der Waals surface area contributed by atoms with E-state index in [9.17, 15) is 0 Å². The zero-order valence-electron chi connectivity index (χ0n) is 17.2. The highest BCUT2D eigenvalue weighted by molar-refractivity contribution is 7.15. The maximum atomic E-state index is 6.18. The van der Waals surface area contributed by atoms with Crippen LogP contribution in [-0.4, -0.2) is 12.1 Å². The van der Waals surface area contributed by atoms with Gasteiger partial charge in [0.1, 0.15) is 17.1 Å². The molecule has 0 radical (unpaired) electrons. The Kier molecular flexibility index (Phi) is 5.10. The van der Waals surface area contributed by atoms with Crippen LogP contribution in [0, 0.1) is 6.92 Å². The topological polar surface area (TPSA) is 47.6 Å². The lowest BCUT2D eigenvalue weighted by Crippen LogP contribution is -2.03. The molecule has 3 aromatic carbocycles. The number of aromatic nitrogens is 1. The van der Waals surface area contributed by atoms with E-state index in [4.69, 9.17) is 19.1 Å². The van der Waals surface area contributed by atoms with E-state index in [1.54, 1.807) is 18.4 Å². The van der Waals surface area contributed by atoms with Crippen molar-refractivity contribution in [2.45, 2.75) is 6.92 Å². The summed E-state index contributed by atoms with van der Waals surface area (Å²) in [6.45, 7) is 2.08. The second kappa shape index (κ2) is 8.20. The Morgan fingerprint density at radius 2 is 1.61 bits per heavy atom. The second-order valence-corrected chi connectivity index (χ2v) is 8.28. The smallest absolute Gasteiger partial charge is 0.210 e. The fourth-order valence-electron chi connectivity index (χ4n) is 3.50. The van der Waals surface area contributed by atoms with Gasteiger partial charge in [-0.25, -0.2) is 9.98 Å². The van der Waals surface area contributed by atoms with Crippen molar-refractivity contribution in [2.24, 2.45) is 4.99 Å². The molecule has 0 N–H and O–H groups in total. The van der Waals surface area contributed by atoms with E-state index in [-0.39, 0.29) is 0 Å². The molecule has 0 aliphatic carbocycles. The van der Waals surface area contributed by atoms with Gasteiger partial charge in [0.05, 0.1) is 18.2 Å². The Morgan fingerprint density at radius 1 is 0.871 bits per heavy atom. The summed E-state index contributed by atoms with van der Waals surface area (Å²) in [4.78, 5) is 10.9. The minimum absolute atomic E-state index is 0.730. The first-order chi connectivity index (χ1) is 15.2. The summed E-state index contributed by atoms with van der Waals surface area (Å²) in [5.74, 6) is 1.55. The highest BCUT2D eigenvalue weighted by atomic mass is 32.1. The van der Waals surface area contributed by atoms with Crippen LogP contribution in [0.1, 0.15) is 4.88 Å². The molecular weight excluding hydrogens is 404 g/mol. The van der Waals surface area contributed by atoms with Crippen molar-refractivity contribution in [3.8, 4) is 28.3 Å². The predicted octanol–water partition coefficient (Wildman–Crippen LogP) is 6.77. The van der Waals surface area contributed by atoms with Gasteiger partial charge in [-0.15, -0.1) is 0 Å². The molecule has 5 heteroatoms. The van der Waals surface area contributed by atoms with Gasteiger partial charge in [0, 0.05) is 27.5 Å². The van der Waals surface area contributed by atoms with Crippen molar-refractivity contribution < 1.29 is 9.15 Å². The maximum Gasteiger partial charge on any atom is 0.210 e. The van der Waals surface area contributed by atoms with Gasteiger partial charge in [0.15, 0.2) is 0 Å². The van der Waals surface area contributed by atoms with E-state index in [1.807, 2.05) is 72.8 Å². The lowest BCUT2D eigenvalue weighted by molar-refractivity contribution is 0.415. The number of methoxy groups -OCH3 is 1. The van der Waals surface area contributed by atoms with E-state index in [0.717, 1.165) is 54.7 Å². The van der Waals surface area contributed by atoms with E-state index >= 15 is 0 Å². The zero-order valence-corrected chi connectivity index (χ0v) is 18.0. The molecule has 2 heterocycles. The van der Waals surface area contributed by atoms with Crippen molar-refractivity contribution in [3.63, 3.8) is 0 Å². The first-order valence-corrected chi connectivity index (χ1v) is 10.8. The Bertz CT molecular complexity index is 1420. The molecule has 0 spiro atoms. The molecule has 0 aliphatic rings. The minimum Gasteiger partial charge on any atom is -0.497 e. The summed E-state index contributed by atoms with van der Waals surface area (Å²) < 4.78 is 11.5. The van der Waals surface area contributed by atoms with E-state index in [0.29, 0.717) is 0 Å². The van der Waals surface area contributed by atoms with Gasteiger partial charge in [-0.2, -0.15) is 0 Å². The highest BCUT2D eigenvalue weighted by Gasteiger charge is 2.11. The van der Waals surface area contributed by atoms with Crippen LogP contribution in [0.25, 0.3) is 33.6 Å². The lowest BCUT2D eigenvalue weighted by Gasteiger charge is -2.05. The third-order valence-corrected chi connectivity index (χ3v) is 5.94. The number of rotatable bonds is 4. The molecule has 0 amide bonds. The largest absolute Gasteiger partial charge is 0.497 e. The average Bonchev–Trinajstić information content (AvgIpc) is 3.19. The summed E-state index contributed by atoms with van der Waals surface area (Å²) in [6.07, 6.45) is 0. The molecule has 0 saturated heterocycles. The van der Waals surface area contributed by atoms with E-state index < -0.39 is 0 Å². The van der Waals surface area contributed by atoms with Crippen LogP contribution >= 0.6 is 11.3 Å². The van der Waals surface area contributed by atoms with Gasteiger partial charge in [-0.05, 0) is 43.3 Å². The Balaban J connectivity index is 1.66. The molecule has 0 aliphatic heterocycles. The molecule has 152 valence electrons. The normalized spacial score (nSPS) is 11.7. The highest BCUT2D eigenvalue weighted by Crippen LogP contribution is 2.32. The van der Waals surface area contributed by atoms with E-state index in [1.165, 1.54) is 0 Å². The number of fused-ring (bicyclic) bond motifs is 1. The van der Waals surface area contributed by atoms with Crippen LogP contribution in [0.3, 0.4) is 0 Å². The number of hydrogen-bond acceptors (Lipinski definition) is 5. The fraction of sp³-hybridized carbons (Fsp3) is 0.0769. The number of thiazole rings is 1. The molecule has 5 aromatic rings. The van der Waals surface area contributed by atoms with Gasteiger partial charge in [-0.1, -0.05) is 53.8 Å². The molecule has 2 aromatic heterocycles. The molecule has 4 nitrogen and oxygen atoms in total. The summed E-state index contributed by atoms with van der Waals surface area (Å²) in [5.41, 5.74) is 3.82. The molecule has 0 unspecified atom stereocenters. The summed E-state index contributed by atoms with van der Waals surface area (Å²) in [6, 6.07) is 27.9. The maximum absolute atomic E-state index is 6.18. The van der Waals surface area contributed by atoms with Crippen molar-refractivity contribution in [3.05, 3.63) is 95.2 Å². The summed E-state index contributed by atoms with van der Waals surface area (Å²) in [7, 11) is 1.66. The number of nitrogens with zero attached hydrogens (tertiary/aromatic N) is 2. The van der Waals surface area contributed by atoms with Crippen LogP contribution in [0.5, 0.6) is 5.75 Å². The average molecular weight is 425 g/mol. The lowest BCUT2D eigenvalue weighted by atomic mass is 10.1. The quantitative estimate of drug-likeness (QED) is 0.320. The Morgan fingerprint density at radius 3 is 2.39 bits per heavy atom. The van der Waals surface area contributed by atoms with Gasteiger partial charge in [0.2, 0.25) is 5.13 Å². The number of aryl methyl sites for hydroxylation is 1. The standard InChI is InChI=1S/C26H20N2O2S/c1-17-25(19-8-4-3-5-9-19)28-26(31-17)27-22-16-24(18-12-14-20(29-2)15-13-18)30-23-11-7-6-10-21(22)23/h3-16H,1-2H3. The van der Waals surface area contributed by atoms with Crippen LogP contribution in [0.2, 0.25) is 0 Å². The van der Waals surface area contributed by atoms with Crippen molar-refractivity contribution >= 4 is 27.4 Å².